The standard InChI is InChI=1S/C14H25N3O2/c1-10(11-4-3-6-15-9-11)8-13(18)16-12-5-7-17(2)14(12)19/h10-12,15H,3-9H2,1-2H3,(H,16,18). The normalized spacial score (nSPS) is 29.4. The molecule has 5 heteroatoms. The van der Waals surface area contributed by atoms with Crippen LogP contribution < -0.4 is 10.6 Å². The topological polar surface area (TPSA) is 61.4 Å². The molecule has 2 aliphatic heterocycles. The number of hydrogen-bond donors (Lipinski definition) is 2. The van der Waals surface area contributed by atoms with Crippen LogP contribution in [0, 0.1) is 11.8 Å². The quantitative estimate of drug-likeness (QED) is 0.773. The first kappa shape index (κ1) is 14.3. The Balaban J connectivity index is 1.76. The second-order valence-corrected chi connectivity index (χ2v) is 5.96. The van der Waals surface area contributed by atoms with E-state index in [1.54, 1.807) is 11.9 Å². The number of carbonyl (C=O) groups is 2. The number of nitrogens with one attached hydrogen (secondary N) is 2. The molecule has 3 atom stereocenters. The van der Waals surface area contributed by atoms with Gasteiger partial charge in [-0.25, -0.2) is 0 Å². The summed E-state index contributed by atoms with van der Waals surface area (Å²) in [5.41, 5.74) is 0. The van der Waals surface area contributed by atoms with Crippen LogP contribution in [0.4, 0.5) is 0 Å². The van der Waals surface area contributed by atoms with Crippen molar-refractivity contribution >= 4 is 11.8 Å². The van der Waals surface area contributed by atoms with Gasteiger partial charge in [-0.15, -0.1) is 0 Å². The lowest BCUT2D eigenvalue weighted by Crippen LogP contribution is -2.42. The smallest absolute Gasteiger partial charge is 0.244 e. The number of nitrogens with zero attached hydrogens (tertiary/aromatic N) is 1. The number of rotatable bonds is 4. The van der Waals surface area contributed by atoms with Crippen LogP contribution in [-0.4, -0.2) is 49.4 Å². The number of hydrogen-bond acceptors (Lipinski definition) is 3. The third-order valence-electron chi connectivity index (χ3n) is 4.41. The summed E-state index contributed by atoms with van der Waals surface area (Å²) in [6, 6.07) is -0.297. The van der Waals surface area contributed by atoms with E-state index in [1.165, 1.54) is 12.8 Å². The van der Waals surface area contributed by atoms with Gasteiger partial charge in [0.2, 0.25) is 11.8 Å². The van der Waals surface area contributed by atoms with E-state index in [0.29, 0.717) is 18.3 Å². The molecule has 2 saturated heterocycles. The molecule has 2 heterocycles. The molecule has 0 spiro atoms. The minimum Gasteiger partial charge on any atom is -0.344 e. The largest absolute Gasteiger partial charge is 0.344 e. The molecule has 0 radical (unpaired) electrons. The molecule has 0 aromatic carbocycles. The van der Waals surface area contributed by atoms with E-state index in [-0.39, 0.29) is 17.9 Å². The number of likely N-dealkylation sites (N-methyl/N-ethyl adjacent to an activating group) is 1. The van der Waals surface area contributed by atoms with Gasteiger partial charge in [-0.1, -0.05) is 6.92 Å². The lowest BCUT2D eigenvalue weighted by molar-refractivity contribution is -0.132. The molecule has 2 rings (SSSR count). The minimum atomic E-state index is -0.297. The third-order valence-corrected chi connectivity index (χ3v) is 4.41. The molecule has 2 aliphatic rings. The summed E-state index contributed by atoms with van der Waals surface area (Å²) in [6.45, 7) is 4.99. The minimum absolute atomic E-state index is 0.0201. The highest BCUT2D eigenvalue weighted by Crippen LogP contribution is 2.22. The summed E-state index contributed by atoms with van der Waals surface area (Å²) in [6.07, 6.45) is 3.66. The number of likely N-dealkylation sites (tertiary alicyclic amines) is 1. The number of piperidine rings is 1. The molecule has 0 aliphatic carbocycles. The summed E-state index contributed by atoms with van der Waals surface area (Å²) in [5.74, 6) is 1.02. The SMILES string of the molecule is CC(CC(=O)NC1CCN(C)C1=O)C1CCCNC1. The summed E-state index contributed by atoms with van der Waals surface area (Å²) < 4.78 is 0. The van der Waals surface area contributed by atoms with Gasteiger partial charge in [-0.3, -0.25) is 9.59 Å². The summed E-state index contributed by atoms with van der Waals surface area (Å²) in [5, 5.41) is 6.26. The van der Waals surface area contributed by atoms with Gasteiger partial charge in [0.05, 0.1) is 0 Å². The Morgan fingerprint density at radius 2 is 2.32 bits per heavy atom. The van der Waals surface area contributed by atoms with Gasteiger partial charge in [0, 0.05) is 20.0 Å². The fraction of sp³-hybridized carbons (Fsp3) is 0.857. The molecular weight excluding hydrogens is 242 g/mol. The maximum absolute atomic E-state index is 12.0. The molecule has 0 bridgehead atoms. The van der Waals surface area contributed by atoms with Gasteiger partial charge < -0.3 is 15.5 Å². The Hall–Kier alpha value is -1.10. The van der Waals surface area contributed by atoms with Crippen LogP contribution in [0.2, 0.25) is 0 Å². The van der Waals surface area contributed by atoms with Crippen molar-refractivity contribution in [2.75, 3.05) is 26.7 Å². The molecule has 2 N–H and O–H groups in total. The summed E-state index contributed by atoms with van der Waals surface area (Å²) in [4.78, 5) is 25.4. The van der Waals surface area contributed by atoms with Crippen molar-refractivity contribution in [2.24, 2.45) is 11.8 Å². The zero-order valence-electron chi connectivity index (χ0n) is 11.9. The van der Waals surface area contributed by atoms with E-state index in [2.05, 4.69) is 17.6 Å². The van der Waals surface area contributed by atoms with E-state index in [4.69, 9.17) is 0 Å². The molecular formula is C14H25N3O2. The highest BCUT2D eigenvalue weighted by atomic mass is 16.2. The highest BCUT2D eigenvalue weighted by molar-refractivity contribution is 5.89. The molecule has 0 aromatic rings. The van der Waals surface area contributed by atoms with E-state index in [0.717, 1.165) is 26.1 Å². The number of amides is 2. The Morgan fingerprint density at radius 3 is 2.89 bits per heavy atom. The van der Waals surface area contributed by atoms with Crippen LogP contribution in [-0.2, 0) is 9.59 Å². The summed E-state index contributed by atoms with van der Waals surface area (Å²) in [7, 11) is 1.78. The molecule has 2 amide bonds. The second kappa shape index (κ2) is 6.37. The van der Waals surface area contributed by atoms with Crippen molar-refractivity contribution in [3.8, 4) is 0 Å². The van der Waals surface area contributed by atoms with Crippen molar-refractivity contribution < 1.29 is 9.59 Å². The lowest BCUT2D eigenvalue weighted by atomic mass is 9.85. The van der Waals surface area contributed by atoms with Crippen LogP contribution >= 0.6 is 0 Å². The molecule has 0 saturated carbocycles. The van der Waals surface area contributed by atoms with Gasteiger partial charge in [0.25, 0.3) is 0 Å². The second-order valence-electron chi connectivity index (χ2n) is 5.96. The molecule has 108 valence electrons. The zero-order valence-corrected chi connectivity index (χ0v) is 11.9. The van der Waals surface area contributed by atoms with Crippen LogP contribution in [0.5, 0.6) is 0 Å². The average Bonchev–Trinajstić information content (AvgIpc) is 2.71. The van der Waals surface area contributed by atoms with Crippen LogP contribution in [0.15, 0.2) is 0 Å². The fourth-order valence-electron chi connectivity index (χ4n) is 3.03. The maximum Gasteiger partial charge on any atom is 0.244 e. The predicted octanol–water partition coefficient (Wildman–Crippen LogP) is 0.359. The van der Waals surface area contributed by atoms with Gasteiger partial charge in [-0.05, 0) is 44.2 Å². The highest BCUT2D eigenvalue weighted by Gasteiger charge is 2.31. The Bertz CT molecular complexity index is 340. The van der Waals surface area contributed by atoms with Crippen molar-refractivity contribution in [1.29, 1.82) is 0 Å². The van der Waals surface area contributed by atoms with Gasteiger partial charge >= 0.3 is 0 Å². The van der Waals surface area contributed by atoms with E-state index >= 15 is 0 Å². The zero-order chi connectivity index (χ0) is 13.8. The van der Waals surface area contributed by atoms with E-state index in [9.17, 15) is 9.59 Å². The predicted molar refractivity (Wildman–Crippen MR) is 73.6 cm³/mol. The van der Waals surface area contributed by atoms with Crippen molar-refractivity contribution in [3.63, 3.8) is 0 Å². The van der Waals surface area contributed by atoms with E-state index < -0.39 is 0 Å². The van der Waals surface area contributed by atoms with Crippen molar-refractivity contribution in [3.05, 3.63) is 0 Å². The fourth-order valence-corrected chi connectivity index (χ4v) is 3.03. The average molecular weight is 267 g/mol. The maximum atomic E-state index is 12.0. The molecule has 3 unspecified atom stereocenters. The number of carbonyl (C=O) groups excluding carboxylic acids is 2. The van der Waals surface area contributed by atoms with Crippen LogP contribution in [0.1, 0.15) is 32.6 Å². The van der Waals surface area contributed by atoms with E-state index in [1.807, 2.05) is 0 Å². The van der Waals surface area contributed by atoms with Crippen molar-refractivity contribution in [2.45, 2.75) is 38.6 Å². The van der Waals surface area contributed by atoms with Gasteiger partial charge in [0.15, 0.2) is 0 Å². The Kier molecular flexibility index (Phi) is 4.80. The van der Waals surface area contributed by atoms with Crippen LogP contribution in [0.3, 0.4) is 0 Å². The molecule has 5 nitrogen and oxygen atoms in total. The first-order valence-electron chi connectivity index (χ1n) is 7.33. The first-order valence-corrected chi connectivity index (χ1v) is 7.33. The van der Waals surface area contributed by atoms with Gasteiger partial charge in [0.1, 0.15) is 6.04 Å². The lowest BCUT2D eigenvalue weighted by Gasteiger charge is -2.28. The van der Waals surface area contributed by atoms with Crippen LogP contribution in [0.25, 0.3) is 0 Å². The molecule has 0 aromatic heterocycles. The first-order chi connectivity index (χ1) is 9.08. The summed E-state index contributed by atoms with van der Waals surface area (Å²) >= 11 is 0. The molecule has 2 fully saturated rings. The Labute approximate surface area is 115 Å². The molecule has 19 heavy (non-hydrogen) atoms. The third kappa shape index (κ3) is 3.69. The monoisotopic (exact) mass is 267 g/mol. The Morgan fingerprint density at radius 1 is 1.53 bits per heavy atom. The van der Waals surface area contributed by atoms with Crippen molar-refractivity contribution in [1.82, 2.24) is 15.5 Å². The van der Waals surface area contributed by atoms with Gasteiger partial charge in [-0.2, -0.15) is 0 Å².